The zero-order valence-corrected chi connectivity index (χ0v) is 15.9. The number of carbonyl (C=O) groups excluding carboxylic acids is 1. The number of pyridine rings is 1. The van der Waals surface area contributed by atoms with E-state index >= 15 is 0 Å². The van der Waals surface area contributed by atoms with Crippen molar-refractivity contribution in [1.29, 1.82) is 0 Å². The Kier molecular flexibility index (Phi) is 5.67. The third-order valence-corrected chi connectivity index (χ3v) is 5.25. The molecule has 1 aromatic carbocycles. The zero-order chi connectivity index (χ0) is 18.7. The van der Waals surface area contributed by atoms with Crippen molar-refractivity contribution in [3.63, 3.8) is 0 Å². The highest BCUT2D eigenvalue weighted by atomic mass is 35.5. The topological polar surface area (TPSA) is 65.2 Å². The van der Waals surface area contributed by atoms with E-state index in [2.05, 4.69) is 16.4 Å². The minimum atomic E-state index is -0.137. The van der Waals surface area contributed by atoms with E-state index in [0.29, 0.717) is 24.6 Å². The highest BCUT2D eigenvalue weighted by Gasteiger charge is 2.24. The summed E-state index contributed by atoms with van der Waals surface area (Å²) in [4.78, 5) is 29.1. The van der Waals surface area contributed by atoms with E-state index in [4.69, 9.17) is 11.6 Å². The van der Waals surface area contributed by atoms with Crippen LogP contribution in [-0.4, -0.2) is 29.0 Å². The fraction of sp³-hybridized carbons (Fsp3) is 0.400. The number of likely N-dealkylation sites (tertiary alicyclic amines) is 1. The molecule has 1 aliphatic rings. The van der Waals surface area contributed by atoms with E-state index < -0.39 is 0 Å². The SMILES string of the molecule is Cc1cc(C)c(CNC(=O)N2CCC(c3cccc(Cl)c3)CC2)c(=O)[nH]1. The number of hydrogen-bond acceptors (Lipinski definition) is 2. The lowest BCUT2D eigenvalue weighted by Crippen LogP contribution is -2.44. The van der Waals surface area contributed by atoms with E-state index in [-0.39, 0.29) is 18.1 Å². The van der Waals surface area contributed by atoms with Crippen LogP contribution in [0.4, 0.5) is 4.79 Å². The smallest absolute Gasteiger partial charge is 0.317 e. The monoisotopic (exact) mass is 373 g/mol. The molecule has 0 unspecified atom stereocenters. The first-order chi connectivity index (χ1) is 12.4. The van der Waals surface area contributed by atoms with Crippen LogP contribution in [0.5, 0.6) is 0 Å². The summed E-state index contributed by atoms with van der Waals surface area (Å²) in [5.74, 6) is 0.430. The quantitative estimate of drug-likeness (QED) is 0.860. The van der Waals surface area contributed by atoms with Gasteiger partial charge in [0.2, 0.25) is 0 Å². The summed E-state index contributed by atoms with van der Waals surface area (Å²) in [5.41, 5.74) is 3.43. The zero-order valence-electron chi connectivity index (χ0n) is 15.1. The molecule has 2 N–H and O–H groups in total. The van der Waals surface area contributed by atoms with Gasteiger partial charge in [-0.3, -0.25) is 4.79 Å². The largest absolute Gasteiger partial charge is 0.334 e. The average Bonchev–Trinajstić information content (AvgIpc) is 2.61. The normalized spacial score (nSPS) is 15.1. The maximum absolute atomic E-state index is 12.4. The number of nitrogens with one attached hydrogen (secondary N) is 2. The molecule has 0 bridgehead atoms. The van der Waals surface area contributed by atoms with Crippen LogP contribution < -0.4 is 10.9 Å². The maximum Gasteiger partial charge on any atom is 0.317 e. The van der Waals surface area contributed by atoms with Gasteiger partial charge in [-0.1, -0.05) is 23.7 Å². The van der Waals surface area contributed by atoms with Gasteiger partial charge in [0, 0.05) is 29.4 Å². The van der Waals surface area contributed by atoms with Gasteiger partial charge in [0.25, 0.3) is 5.56 Å². The first-order valence-electron chi connectivity index (χ1n) is 8.91. The van der Waals surface area contributed by atoms with Crippen molar-refractivity contribution in [3.8, 4) is 0 Å². The number of urea groups is 1. The summed E-state index contributed by atoms with van der Waals surface area (Å²) in [6.45, 7) is 5.38. The van der Waals surface area contributed by atoms with Crippen molar-refractivity contribution in [2.24, 2.45) is 0 Å². The molecule has 138 valence electrons. The molecule has 0 aliphatic carbocycles. The van der Waals surface area contributed by atoms with Gasteiger partial charge in [0.1, 0.15) is 0 Å². The van der Waals surface area contributed by atoms with Gasteiger partial charge in [-0.05, 0) is 61.9 Å². The van der Waals surface area contributed by atoms with Crippen LogP contribution in [0.2, 0.25) is 5.02 Å². The Morgan fingerprint density at radius 2 is 2.00 bits per heavy atom. The molecule has 5 nitrogen and oxygen atoms in total. The third-order valence-electron chi connectivity index (χ3n) is 5.01. The number of hydrogen-bond donors (Lipinski definition) is 2. The predicted octanol–water partition coefficient (Wildman–Crippen LogP) is 3.73. The number of halogens is 1. The van der Waals surface area contributed by atoms with Crippen molar-refractivity contribution in [2.45, 2.75) is 39.2 Å². The predicted molar refractivity (Wildman–Crippen MR) is 104 cm³/mol. The number of amides is 2. The Bertz CT molecular complexity index is 854. The van der Waals surface area contributed by atoms with Crippen molar-refractivity contribution < 1.29 is 4.79 Å². The van der Waals surface area contributed by atoms with E-state index in [1.54, 1.807) is 0 Å². The van der Waals surface area contributed by atoms with E-state index in [1.807, 2.05) is 43.0 Å². The lowest BCUT2D eigenvalue weighted by atomic mass is 9.89. The van der Waals surface area contributed by atoms with Gasteiger partial charge in [-0.25, -0.2) is 4.79 Å². The summed E-state index contributed by atoms with van der Waals surface area (Å²) >= 11 is 6.08. The van der Waals surface area contributed by atoms with Crippen molar-refractivity contribution in [2.75, 3.05) is 13.1 Å². The van der Waals surface area contributed by atoms with E-state index in [9.17, 15) is 9.59 Å². The highest BCUT2D eigenvalue weighted by molar-refractivity contribution is 6.30. The second-order valence-corrected chi connectivity index (χ2v) is 7.35. The van der Waals surface area contributed by atoms with Gasteiger partial charge in [-0.2, -0.15) is 0 Å². The van der Waals surface area contributed by atoms with E-state index in [0.717, 1.165) is 29.1 Å². The first-order valence-corrected chi connectivity index (χ1v) is 9.29. The van der Waals surface area contributed by atoms with Gasteiger partial charge in [-0.15, -0.1) is 0 Å². The summed E-state index contributed by atoms with van der Waals surface area (Å²) in [5, 5.41) is 3.63. The number of benzene rings is 1. The van der Waals surface area contributed by atoms with Crippen LogP contribution in [0.25, 0.3) is 0 Å². The molecule has 1 saturated heterocycles. The van der Waals surface area contributed by atoms with Crippen LogP contribution >= 0.6 is 11.6 Å². The Labute approximate surface area is 158 Å². The Hall–Kier alpha value is -2.27. The average molecular weight is 374 g/mol. The number of piperidine rings is 1. The maximum atomic E-state index is 12.4. The minimum Gasteiger partial charge on any atom is -0.334 e. The molecule has 26 heavy (non-hydrogen) atoms. The second kappa shape index (κ2) is 7.96. The Balaban J connectivity index is 1.55. The molecular formula is C20H24ClN3O2. The molecular weight excluding hydrogens is 350 g/mol. The molecule has 3 rings (SSSR count). The summed E-state index contributed by atoms with van der Waals surface area (Å²) < 4.78 is 0. The molecule has 1 aromatic heterocycles. The minimum absolute atomic E-state index is 0.117. The Morgan fingerprint density at radius 3 is 2.65 bits per heavy atom. The molecule has 0 spiro atoms. The lowest BCUT2D eigenvalue weighted by Gasteiger charge is -2.32. The number of rotatable bonds is 3. The van der Waals surface area contributed by atoms with Gasteiger partial charge >= 0.3 is 6.03 Å². The van der Waals surface area contributed by atoms with Gasteiger partial charge < -0.3 is 15.2 Å². The standard InChI is InChI=1S/C20H24ClN3O2/c1-13-10-14(2)23-19(25)18(13)12-22-20(26)24-8-6-15(7-9-24)16-4-3-5-17(21)11-16/h3-5,10-11,15H,6-9,12H2,1-2H3,(H,22,26)(H,23,25). The fourth-order valence-corrected chi connectivity index (χ4v) is 3.75. The van der Waals surface area contributed by atoms with Crippen LogP contribution in [-0.2, 0) is 6.54 Å². The van der Waals surface area contributed by atoms with Crippen LogP contribution in [0.15, 0.2) is 35.1 Å². The first kappa shape index (κ1) is 18.5. The van der Waals surface area contributed by atoms with Crippen molar-refractivity contribution in [3.05, 3.63) is 68.1 Å². The summed E-state index contributed by atoms with van der Waals surface area (Å²) in [6, 6.07) is 9.75. The number of H-pyrrole nitrogens is 1. The van der Waals surface area contributed by atoms with Crippen LogP contribution in [0.1, 0.15) is 41.1 Å². The molecule has 2 amide bonds. The number of aryl methyl sites for hydroxylation is 2. The number of carbonyl (C=O) groups is 1. The molecule has 0 atom stereocenters. The number of nitrogens with zero attached hydrogens (tertiary/aromatic N) is 1. The fourth-order valence-electron chi connectivity index (χ4n) is 3.55. The molecule has 2 heterocycles. The van der Waals surface area contributed by atoms with Gasteiger partial charge in [0.05, 0.1) is 6.54 Å². The van der Waals surface area contributed by atoms with Crippen molar-refractivity contribution in [1.82, 2.24) is 15.2 Å². The van der Waals surface area contributed by atoms with E-state index in [1.165, 1.54) is 5.56 Å². The molecule has 0 radical (unpaired) electrons. The number of aromatic nitrogens is 1. The Morgan fingerprint density at radius 1 is 1.27 bits per heavy atom. The molecule has 6 heteroatoms. The van der Waals surface area contributed by atoms with Gasteiger partial charge in [0.15, 0.2) is 0 Å². The second-order valence-electron chi connectivity index (χ2n) is 6.92. The van der Waals surface area contributed by atoms with Crippen LogP contribution in [0, 0.1) is 13.8 Å². The molecule has 2 aromatic rings. The van der Waals surface area contributed by atoms with Crippen LogP contribution in [0.3, 0.4) is 0 Å². The number of aromatic amines is 1. The summed E-state index contributed by atoms with van der Waals surface area (Å²) in [6.07, 6.45) is 1.83. The summed E-state index contributed by atoms with van der Waals surface area (Å²) in [7, 11) is 0. The molecule has 1 fully saturated rings. The molecule has 1 aliphatic heterocycles. The highest BCUT2D eigenvalue weighted by Crippen LogP contribution is 2.29. The lowest BCUT2D eigenvalue weighted by molar-refractivity contribution is 0.181. The molecule has 0 saturated carbocycles. The van der Waals surface area contributed by atoms with Crippen molar-refractivity contribution >= 4 is 17.6 Å². The third kappa shape index (κ3) is 4.28.